The molecule has 7 aromatic rings. The second kappa shape index (κ2) is 45.8. The van der Waals surface area contributed by atoms with Crippen molar-refractivity contribution in [2.75, 3.05) is 86.4 Å². The molecule has 6 aliphatic heterocycles. The van der Waals surface area contributed by atoms with Gasteiger partial charge in [0.2, 0.25) is 29.5 Å². The number of phenols is 1. The normalized spacial score (nSPS) is 16.5. The summed E-state index contributed by atoms with van der Waals surface area (Å²) < 4.78 is 30.9. The second-order valence-corrected chi connectivity index (χ2v) is 28.2. The van der Waals surface area contributed by atoms with Gasteiger partial charge < -0.3 is 38.4 Å². The molecule has 24 heteroatoms. The Morgan fingerprint density at radius 2 is 0.973 bits per heavy atom. The highest BCUT2D eigenvalue weighted by molar-refractivity contribution is 6.04. The van der Waals surface area contributed by atoms with E-state index in [1.807, 2.05) is 147 Å². The number of benzene rings is 7. The van der Waals surface area contributed by atoms with E-state index in [1.165, 1.54) is 41.9 Å². The highest BCUT2D eigenvalue weighted by Crippen LogP contribution is 2.26. The van der Waals surface area contributed by atoms with Crippen molar-refractivity contribution in [3.05, 3.63) is 233 Å². The standard InChI is InChI=1S/C21H24N2O4.C18H17NO4.C16H20N2O3.2C16H21NO3.CH4/c1-22(2)14-18-15-27-21(25)23(18)20(24)17-8-10-19(11-9-17)26-13-12-16-6-4-3-5-7-16;20-17(19-10-11-22-18(19)21)12-14-6-8-16(9-7-14)23-13-15-4-2-1-3-5-15;19-15(18-10-11-21-16(18)20)14-6-8-17(9-7-14)12-13-4-2-1-3-5-13;1-13-12-20-16(19)17(13)15(18)11-7-3-6-10-14-8-4-2-5-9-14;18-14-10-8-13(9-11-14)5-2-1-3-6-15(19)17-12-4-7-16(17)20;/h3-11,18H,12-15H2,1-2H3;1-9H,10-13H2;1-5,14H,6-12H2;2,4-5,8-9,13H,3,6-7,10-12H2,1H3;8-11,18H,1-7,12H2;1H4/t18-;;;13-;;/m1..1../s1. The number of hydrogen-bond acceptors (Lipinski definition) is 19. The summed E-state index contributed by atoms with van der Waals surface area (Å²) >= 11 is 0. The summed E-state index contributed by atoms with van der Waals surface area (Å²) in [5.74, 6) is 0.887. The zero-order chi connectivity index (χ0) is 78.7. The van der Waals surface area contributed by atoms with E-state index in [0.717, 1.165) is 118 Å². The minimum atomic E-state index is -0.588. The molecule has 1 N–H and O–H groups in total. The van der Waals surface area contributed by atoms with Crippen molar-refractivity contribution in [1.29, 1.82) is 0 Å². The number of cyclic esters (lactones) is 4. The van der Waals surface area contributed by atoms with Gasteiger partial charge in [-0.05, 0) is 174 Å². The zero-order valence-corrected chi connectivity index (χ0v) is 63.8. The number of ether oxygens (including phenoxy) is 6. The van der Waals surface area contributed by atoms with E-state index in [0.29, 0.717) is 83.2 Å². The summed E-state index contributed by atoms with van der Waals surface area (Å²) in [6, 6.07) is 61.7. The predicted molar refractivity (Wildman–Crippen MR) is 423 cm³/mol. The van der Waals surface area contributed by atoms with Gasteiger partial charge in [0.05, 0.1) is 38.2 Å². The molecule has 0 aliphatic carbocycles. The van der Waals surface area contributed by atoms with E-state index in [1.54, 1.807) is 36.4 Å². The number of carbonyl (C=O) groups is 10. The van der Waals surface area contributed by atoms with Gasteiger partial charge in [-0.15, -0.1) is 0 Å². The quantitative estimate of drug-likeness (QED) is 0.0370. The average molecular weight is 1530 g/mol. The lowest BCUT2D eigenvalue weighted by molar-refractivity contribution is -0.142. The Kier molecular flexibility index (Phi) is 35.3. The van der Waals surface area contributed by atoms with E-state index in [9.17, 15) is 53.1 Å². The Bertz CT molecular complexity index is 4110. The molecule has 0 radical (unpaired) electrons. The number of aromatic hydroxyl groups is 1. The largest absolute Gasteiger partial charge is 0.508 e. The van der Waals surface area contributed by atoms with Gasteiger partial charge in [0, 0.05) is 56.8 Å². The number of rotatable bonds is 27. The second-order valence-electron chi connectivity index (χ2n) is 28.2. The van der Waals surface area contributed by atoms with Gasteiger partial charge in [0.25, 0.3) is 5.91 Å². The van der Waals surface area contributed by atoms with Crippen LogP contribution in [0.5, 0.6) is 17.2 Å². The van der Waals surface area contributed by atoms with Crippen LogP contribution in [0.4, 0.5) is 19.2 Å². The molecular weight excluding hydrogens is 1430 g/mol. The first-order valence-electron chi connectivity index (χ1n) is 38.4. The summed E-state index contributed by atoms with van der Waals surface area (Å²) in [5, 5.41) is 9.18. The fourth-order valence-corrected chi connectivity index (χ4v) is 13.3. The molecule has 112 heavy (non-hydrogen) atoms. The van der Waals surface area contributed by atoms with Crippen molar-refractivity contribution in [2.45, 2.75) is 142 Å². The summed E-state index contributed by atoms with van der Waals surface area (Å²) in [6.07, 6.45) is 10.4. The van der Waals surface area contributed by atoms with Crippen LogP contribution in [0.3, 0.4) is 0 Å². The number of imide groups is 5. The van der Waals surface area contributed by atoms with Crippen molar-refractivity contribution >= 4 is 59.8 Å². The monoisotopic (exact) mass is 1530 g/mol. The molecule has 0 aromatic heterocycles. The number of hydrogen-bond donors (Lipinski definition) is 1. The lowest BCUT2D eigenvalue weighted by atomic mass is 9.95. The maximum atomic E-state index is 12.7. The fraction of sp³-hybridized carbons (Fsp3) is 0.409. The third-order valence-electron chi connectivity index (χ3n) is 19.4. The molecule has 6 saturated heterocycles. The SMILES string of the molecule is C.CN(C)C[C@@H]1COC(=O)N1C(=O)c1ccc(OCCc2ccccc2)cc1.C[C@@H]1COC(=O)N1C(=O)CCCCCc1ccccc1.O=C(CCCCCc1ccc(O)cc1)N1CCCC1=O.O=C(Cc1ccc(OCc2ccccc2)cc1)N1CCOC1=O.O=C1OCCN1C(=O)C1CCN(Cc2ccccc2)CC1. The topological polar surface area (TPSA) is 269 Å². The highest BCUT2D eigenvalue weighted by atomic mass is 16.6. The molecule has 7 aromatic carbocycles. The molecule has 13 rings (SSSR count). The fourth-order valence-electron chi connectivity index (χ4n) is 13.3. The molecule has 0 unspecified atom stereocenters. The van der Waals surface area contributed by atoms with Crippen LogP contribution >= 0.6 is 0 Å². The number of nitrogens with zero attached hydrogens (tertiary/aromatic N) is 7. The van der Waals surface area contributed by atoms with Gasteiger partial charge >= 0.3 is 24.4 Å². The van der Waals surface area contributed by atoms with Gasteiger partial charge in [0.1, 0.15) is 50.3 Å². The van der Waals surface area contributed by atoms with Crippen LogP contribution in [0.2, 0.25) is 0 Å². The van der Waals surface area contributed by atoms with Crippen molar-refractivity contribution in [3.8, 4) is 17.2 Å². The molecule has 6 fully saturated rings. The number of amides is 10. The molecule has 2 atom stereocenters. The number of likely N-dealkylation sites (tertiary alicyclic amines) is 2. The first kappa shape index (κ1) is 86.4. The number of phenolic OH excluding ortho intramolecular Hbond substituents is 1. The Labute approximate surface area is 657 Å². The lowest BCUT2D eigenvalue weighted by Crippen LogP contribution is -2.44. The summed E-state index contributed by atoms with van der Waals surface area (Å²) in [6.45, 7) is 8.66. The summed E-state index contributed by atoms with van der Waals surface area (Å²) in [7, 11) is 3.79. The minimum absolute atomic E-state index is 0. The van der Waals surface area contributed by atoms with Gasteiger partial charge in [-0.1, -0.05) is 166 Å². The minimum Gasteiger partial charge on any atom is -0.508 e. The van der Waals surface area contributed by atoms with E-state index >= 15 is 0 Å². The molecule has 0 saturated carbocycles. The van der Waals surface area contributed by atoms with Gasteiger partial charge in [-0.3, -0.25) is 38.6 Å². The van der Waals surface area contributed by atoms with Crippen LogP contribution in [0.1, 0.15) is 135 Å². The van der Waals surface area contributed by atoms with Crippen LogP contribution < -0.4 is 9.47 Å². The van der Waals surface area contributed by atoms with Crippen molar-refractivity contribution in [2.24, 2.45) is 5.92 Å². The van der Waals surface area contributed by atoms with E-state index in [-0.39, 0.29) is 86.3 Å². The Morgan fingerprint density at radius 3 is 1.51 bits per heavy atom. The summed E-state index contributed by atoms with van der Waals surface area (Å²) in [4.78, 5) is 129. The molecular formula is C88H107N7O17. The molecule has 6 aliphatic rings. The lowest BCUT2D eigenvalue weighted by Gasteiger charge is -2.32. The van der Waals surface area contributed by atoms with E-state index in [4.69, 9.17) is 28.4 Å². The van der Waals surface area contributed by atoms with Gasteiger partial charge in [-0.2, -0.15) is 0 Å². The molecule has 0 bridgehead atoms. The zero-order valence-electron chi connectivity index (χ0n) is 63.8. The Balaban J connectivity index is 0.000000176. The number of carbonyl (C=O) groups excluding carboxylic acids is 10. The van der Waals surface area contributed by atoms with Crippen molar-refractivity contribution < 1.29 is 81.5 Å². The number of unbranched alkanes of at least 4 members (excludes halogenated alkanes) is 4. The summed E-state index contributed by atoms with van der Waals surface area (Å²) in [5.41, 5.74) is 7.41. The van der Waals surface area contributed by atoms with Crippen LogP contribution in [0.15, 0.2) is 194 Å². The van der Waals surface area contributed by atoms with Crippen molar-refractivity contribution in [3.63, 3.8) is 0 Å². The number of likely N-dealkylation sites (N-methyl/N-ethyl adjacent to an activating group) is 1. The van der Waals surface area contributed by atoms with E-state index < -0.39 is 24.4 Å². The third-order valence-corrected chi connectivity index (χ3v) is 19.4. The molecule has 596 valence electrons. The van der Waals surface area contributed by atoms with Gasteiger partial charge in [-0.25, -0.2) is 38.8 Å². The van der Waals surface area contributed by atoms with Crippen LogP contribution in [0, 0.1) is 5.92 Å². The molecule has 0 spiro atoms. The maximum Gasteiger partial charge on any atom is 0.417 e. The smallest absolute Gasteiger partial charge is 0.417 e. The van der Waals surface area contributed by atoms with Gasteiger partial charge in [0.15, 0.2) is 0 Å². The average Bonchev–Trinajstić information content (AvgIpc) is 1.72. The third kappa shape index (κ3) is 28.0. The first-order valence-corrected chi connectivity index (χ1v) is 38.4. The number of piperidine rings is 1. The van der Waals surface area contributed by atoms with E-state index in [2.05, 4.69) is 41.3 Å². The molecule has 10 amide bonds. The first-order chi connectivity index (χ1) is 53.8. The Hall–Kier alpha value is -11.2. The maximum absolute atomic E-state index is 12.7. The van der Waals surface area contributed by atoms with Crippen molar-refractivity contribution in [1.82, 2.24) is 34.3 Å². The molecule has 24 nitrogen and oxygen atoms in total. The van der Waals surface area contributed by atoms with Crippen LogP contribution in [-0.2, 0) is 81.8 Å². The van der Waals surface area contributed by atoms with Crippen LogP contribution in [0.25, 0.3) is 0 Å². The number of aryl methyl sites for hydroxylation is 2. The Morgan fingerprint density at radius 1 is 0.473 bits per heavy atom. The molecule has 6 heterocycles. The van der Waals surface area contributed by atoms with Crippen LogP contribution in [-0.4, -0.2) is 198 Å². The predicted octanol–water partition coefficient (Wildman–Crippen LogP) is 13.9. The highest BCUT2D eigenvalue weighted by Gasteiger charge is 2.40.